The molecule has 2 rings (SSSR count). The number of anilines is 2. The van der Waals surface area contributed by atoms with E-state index in [0.717, 1.165) is 29.3 Å². The Morgan fingerprint density at radius 3 is 2.86 bits per heavy atom. The Hall–Kier alpha value is -2.32. The van der Waals surface area contributed by atoms with E-state index in [-0.39, 0.29) is 18.6 Å². The Balaban J connectivity index is 2.43. The summed E-state index contributed by atoms with van der Waals surface area (Å²) >= 11 is 0. The number of nitrogens with zero attached hydrogens (tertiary/aromatic N) is 2. The molecule has 2 aromatic rings. The van der Waals surface area contributed by atoms with Gasteiger partial charge in [-0.3, -0.25) is 0 Å². The molecule has 0 aliphatic carbocycles. The van der Waals surface area contributed by atoms with Crippen molar-refractivity contribution in [3.05, 3.63) is 23.8 Å². The summed E-state index contributed by atoms with van der Waals surface area (Å²) in [6, 6.07) is 5.69. The van der Waals surface area contributed by atoms with Crippen molar-refractivity contribution in [2.45, 2.75) is 32.2 Å². The van der Waals surface area contributed by atoms with Crippen LogP contribution in [-0.4, -0.2) is 27.7 Å². The molecule has 0 radical (unpaired) electrons. The minimum Gasteiger partial charge on any atom is -0.396 e. The normalized spacial score (nSPS) is 12.0. The first kappa shape index (κ1) is 15.1. The van der Waals surface area contributed by atoms with Crippen molar-refractivity contribution in [2.75, 3.05) is 17.7 Å². The Labute approximate surface area is 124 Å². The fourth-order valence-corrected chi connectivity index (χ4v) is 2.33. The van der Waals surface area contributed by atoms with Gasteiger partial charge < -0.3 is 16.2 Å². The molecule has 21 heavy (non-hydrogen) atoms. The minimum absolute atomic E-state index is 0.131. The van der Waals surface area contributed by atoms with Crippen molar-refractivity contribution in [3.63, 3.8) is 0 Å². The van der Waals surface area contributed by atoms with Crippen molar-refractivity contribution in [2.24, 2.45) is 0 Å². The highest BCUT2D eigenvalue weighted by Crippen LogP contribution is 2.24. The smallest absolute Gasteiger partial charge is 0.222 e. The summed E-state index contributed by atoms with van der Waals surface area (Å²) < 4.78 is 0. The summed E-state index contributed by atoms with van der Waals surface area (Å²) in [6.07, 6.45) is 8.07. The molecule has 110 valence electrons. The number of terminal acetylenes is 1. The maximum atomic E-state index is 9.17. The van der Waals surface area contributed by atoms with Gasteiger partial charge >= 0.3 is 0 Å². The average molecular weight is 284 g/mol. The second-order valence-corrected chi connectivity index (χ2v) is 4.95. The van der Waals surface area contributed by atoms with E-state index < -0.39 is 0 Å². The van der Waals surface area contributed by atoms with Crippen LogP contribution in [0.5, 0.6) is 0 Å². The van der Waals surface area contributed by atoms with Crippen molar-refractivity contribution in [1.29, 1.82) is 0 Å². The SMILES string of the molecule is C#Cc1ccc2nc(N)nc(N[C@@H](CCC)CCO)c2c1. The van der Waals surface area contributed by atoms with E-state index in [1.54, 1.807) is 0 Å². The quantitative estimate of drug-likeness (QED) is 0.708. The molecule has 4 N–H and O–H groups in total. The number of hydrogen-bond donors (Lipinski definition) is 3. The van der Waals surface area contributed by atoms with E-state index in [1.165, 1.54) is 0 Å². The van der Waals surface area contributed by atoms with E-state index in [0.29, 0.717) is 12.2 Å². The van der Waals surface area contributed by atoms with Crippen molar-refractivity contribution in [1.82, 2.24) is 9.97 Å². The predicted octanol–water partition coefficient (Wildman–Crippen LogP) is 2.16. The van der Waals surface area contributed by atoms with E-state index in [1.807, 2.05) is 18.2 Å². The summed E-state index contributed by atoms with van der Waals surface area (Å²) in [6.45, 7) is 2.24. The van der Waals surface area contributed by atoms with Crippen LogP contribution in [-0.2, 0) is 0 Å². The van der Waals surface area contributed by atoms with Crippen LogP contribution in [0.1, 0.15) is 31.7 Å². The van der Waals surface area contributed by atoms with Gasteiger partial charge in [-0.25, -0.2) is 4.98 Å². The zero-order valence-electron chi connectivity index (χ0n) is 12.1. The molecule has 5 nitrogen and oxygen atoms in total. The van der Waals surface area contributed by atoms with Gasteiger partial charge in [0.25, 0.3) is 0 Å². The third-order valence-electron chi connectivity index (χ3n) is 3.34. The third kappa shape index (κ3) is 3.61. The molecule has 1 heterocycles. The maximum absolute atomic E-state index is 9.17. The Kier molecular flexibility index (Phi) is 4.96. The maximum Gasteiger partial charge on any atom is 0.222 e. The second kappa shape index (κ2) is 6.91. The lowest BCUT2D eigenvalue weighted by Crippen LogP contribution is -2.22. The van der Waals surface area contributed by atoms with Crippen molar-refractivity contribution >= 4 is 22.7 Å². The summed E-state index contributed by atoms with van der Waals surface area (Å²) in [5.41, 5.74) is 7.29. The highest BCUT2D eigenvalue weighted by Gasteiger charge is 2.12. The van der Waals surface area contributed by atoms with Crippen LogP contribution in [0.4, 0.5) is 11.8 Å². The lowest BCUT2D eigenvalue weighted by molar-refractivity contribution is 0.276. The van der Waals surface area contributed by atoms with Crippen LogP contribution in [0.25, 0.3) is 10.9 Å². The van der Waals surface area contributed by atoms with Crippen LogP contribution in [0.15, 0.2) is 18.2 Å². The number of aromatic nitrogens is 2. The predicted molar refractivity (Wildman–Crippen MR) is 85.9 cm³/mol. The first-order valence-electron chi connectivity index (χ1n) is 7.09. The van der Waals surface area contributed by atoms with Crippen LogP contribution in [0.3, 0.4) is 0 Å². The molecule has 0 saturated heterocycles. The fraction of sp³-hybridized carbons (Fsp3) is 0.375. The molecule has 0 spiro atoms. The number of nitrogens with two attached hydrogens (primary N) is 1. The highest BCUT2D eigenvalue weighted by molar-refractivity contribution is 5.91. The molecule has 1 aromatic carbocycles. The zero-order valence-corrected chi connectivity index (χ0v) is 12.1. The summed E-state index contributed by atoms with van der Waals surface area (Å²) in [7, 11) is 0. The summed E-state index contributed by atoms with van der Waals surface area (Å²) in [5, 5.41) is 13.4. The topological polar surface area (TPSA) is 84.1 Å². The number of hydrogen-bond acceptors (Lipinski definition) is 5. The van der Waals surface area contributed by atoms with Gasteiger partial charge in [0.1, 0.15) is 5.82 Å². The van der Waals surface area contributed by atoms with Gasteiger partial charge in [0.15, 0.2) is 0 Å². The first-order valence-corrected chi connectivity index (χ1v) is 7.09. The van der Waals surface area contributed by atoms with E-state index >= 15 is 0 Å². The van der Waals surface area contributed by atoms with E-state index in [2.05, 4.69) is 28.1 Å². The number of aliphatic hydroxyl groups excluding tert-OH is 1. The summed E-state index contributed by atoms with van der Waals surface area (Å²) in [5.74, 6) is 3.50. The number of rotatable bonds is 6. The molecule has 1 atom stereocenters. The van der Waals surface area contributed by atoms with Gasteiger partial charge in [0.05, 0.1) is 5.52 Å². The number of nitrogens with one attached hydrogen (secondary N) is 1. The monoisotopic (exact) mass is 284 g/mol. The average Bonchev–Trinajstić information content (AvgIpc) is 2.47. The number of aliphatic hydroxyl groups is 1. The van der Waals surface area contributed by atoms with Crippen LogP contribution in [0, 0.1) is 12.3 Å². The van der Waals surface area contributed by atoms with Gasteiger partial charge in [-0.1, -0.05) is 19.3 Å². The number of nitrogen functional groups attached to an aromatic ring is 1. The molecule has 1 aromatic heterocycles. The first-order chi connectivity index (χ1) is 10.2. The third-order valence-corrected chi connectivity index (χ3v) is 3.34. The number of benzene rings is 1. The lowest BCUT2D eigenvalue weighted by atomic mass is 10.1. The van der Waals surface area contributed by atoms with Crippen molar-refractivity contribution < 1.29 is 5.11 Å². The molecule has 5 heteroatoms. The molecule has 0 amide bonds. The molecular weight excluding hydrogens is 264 g/mol. The van der Waals surface area contributed by atoms with Gasteiger partial charge in [0.2, 0.25) is 5.95 Å². The Bertz CT molecular complexity index is 657. The van der Waals surface area contributed by atoms with Gasteiger partial charge in [-0.2, -0.15) is 4.98 Å². The number of fused-ring (bicyclic) bond motifs is 1. The van der Waals surface area contributed by atoms with E-state index in [9.17, 15) is 0 Å². The minimum atomic E-state index is 0.131. The molecular formula is C16H20N4O. The molecule has 0 saturated carbocycles. The summed E-state index contributed by atoms with van der Waals surface area (Å²) in [4.78, 5) is 8.51. The van der Waals surface area contributed by atoms with Gasteiger partial charge in [0, 0.05) is 23.6 Å². The van der Waals surface area contributed by atoms with Crippen LogP contribution < -0.4 is 11.1 Å². The second-order valence-electron chi connectivity index (χ2n) is 4.95. The van der Waals surface area contributed by atoms with E-state index in [4.69, 9.17) is 17.3 Å². The molecule has 0 bridgehead atoms. The van der Waals surface area contributed by atoms with Crippen LogP contribution >= 0.6 is 0 Å². The molecule has 0 unspecified atom stereocenters. The highest BCUT2D eigenvalue weighted by atomic mass is 16.3. The van der Waals surface area contributed by atoms with Gasteiger partial charge in [-0.15, -0.1) is 6.42 Å². The Morgan fingerprint density at radius 2 is 2.19 bits per heavy atom. The standard InChI is InChI=1S/C16H20N4O/c1-3-5-12(8-9-21)18-15-13-10-11(4-2)6-7-14(13)19-16(17)20-15/h2,6-7,10,12,21H,3,5,8-9H2,1H3,(H3,17,18,19,20)/t12-/m0/s1. The van der Waals surface area contributed by atoms with Gasteiger partial charge in [-0.05, 0) is 31.0 Å². The zero-order chi connectivity index (χ0) is 15.2. The van der Waals surface area contributed by atoms with Crippen molar-refractivity contribution in [3.8, 4) is 12.3 Å². The lowest BCUT2D eigenvalue weighted by Gasteiger charge is -2.19. The molecule has 0 aliphatic heterocycles. The largest absolute Gasteiger partial charge is 0.396 e. The molecule has 0 aliphatic rings. The van der Waals surface area contributed by atoms with Crippen LogP contribution in [0.2, 0.25) is 0 Å². The molecule has 0 fully saturated rings. The Morgan fingerprint density at radius 1 is 1.38 bits per heavy atom. The fourth-order valence-electron chi connectivity index (χ4n) is 2.33.